The number of carbonyl (C=O) groups is 2. The number of nitrogens with zero attached hydrogens (tertiary/aromatic N) is 3. The van der Waals surface area contributed by atoms with Crippen molar-refractivity contribution in [2.45, 2.75) is 6.92 Å². The molecule has 0 aliphatic heterocycles. The molecule has 0 saturated carbocycles. The molecule has 27 heavy (non-hydrogen) atoms. The van der Waals surface area contributed by atoms with Crippen LogP contribution in [0.1, 0.15) is 17.4 Å². The molecule has 0 bridgehead atoms. The normalized spacial score (nSPS) is 10.1. The van der Waals surface area contributed by atoms with Crippen LogP contribution in [0.2, 0.25) is 0 Å². The molecule has 0 unspecified atom stereocenters. The molecule has 3 rings (SSSR count). The van der Waals surface area contributed by atoms with Crippen LogP contribution < -0.4 is 15.5 Å². The topological polar surface area (TPSA) is 87.2 Å². The summed E-state index contributed by atoms with van der Waals surface area (Å²) in [5.41, 5.74) is 2.45. The zero-order valence-corrected chi connectivity index (χ0v) is 15.0. The van der Waals surface area contributed by atoms with Crippen LogP contribution in [0, 0.1) is 0 Å². The highest BCUT2D eigenvalue weighted by atomic mass is 16.2. The van der Waals surface area contributed by atoms with Crippen molar-refractivity contribution in [3.05, 3.63) is 72.7 Å². The van der Waals surface area contributed by atoms with Crippen LogP contribution in [-0.2, 0) is 4.79 Å². The van der Waals surface area contributed by atoms with Gasteiger partial charge in [0.25, 0.3) is 5.91 Å². The monoisotopic (exact) mass is 361 g/mol. The van der Waals surface area contributed by atoms with E-state index in [-0.39, 0.29) is 17.5 Å². The Balaban J connectivity index is 1.78. The van der Waals surface area contributed by atoms with Crippen molar-refractivity contribution in [3.63, 3.8) is 0 Å². The zero-order valence-electron chi connectivity index (χ0n) is 15.0. The average Bonchev–Trinajstić information content (AvgIpc) is 2.67. The second kappa shape index (κ2) is 8.09. The smallest absolute Gasteiger partial charge is 0.276 e. The Hall–Kier alpha value is -3.74. The highest BCUT2D eigenvalue weighted by molar-refractivity contribution is 6.04. The van der Waals surface area contributed by atoms with Crippen LogP contribution in [0.4, 0.5) is 22.9 Å². The molecular formula is C20H19N5O2. The number of para-hydroxylation sites is 1. The van der Waals surface area contributed by atoms with E-state index in [0.717, 1.165) is 11.4 Å². The first kappa shape index (κ1) is 18.1. The summed E-state index contributed by atoms with van der Waals surface area (Å²) in [5, 5.41) is 5.84. The summed E-state index contributed by atoms with van der Waals surface area (Å²) in [6.45, 7) is 1.45. The lowest BCUT2D eigenvalue weighted by molar-refractivity contribution is -0.114. The van der Waals surface area contributed by atoms with Gasteiger partial charge in [-0.15, -0.1) is 0 Å². The number of carbonyl (C=O) groups excluding carboxylic acids is 2. The van der Waals surface area contributed by atoms with Crippen molar-refractivity contribution >= 4 is 34.7 Å². The van der Waals surface area contributed by atoms with Gasteiger partial charge in [0.1, 0.15) is 17.8 Å². The number of nitrogens with one attached hydrogen (secondary N) is 2. The SMILES string of the molecule is CC(=O)Nc1cccc(Nc2cc(C(=O)N(C)c3ccccc3)ncn2)c1. The maximum Gasteiger partial charge on any atom is 0.276 e. The minimum absolute atomic E-state index is 0.147. The molecule has 0 saturated heterocycles. The first-order chi connectivity index (χ1) is 13.0. The van der Waals surface area contributed by atoms with Crippen molar-refractivity contribution in [3.8, 4) is 0 Å². The van der Waals surface area contributed by atoms with Crippen LogP contribution in [0.15, 0.2) is 67.0 Å². The van der Waals surface area contributed by atoms with E-state index >= 15 is 0 Å². The fraction of sp³-hybridized carbons (Fsp3) is 0.100. The second-order valence-electron chi connectivity index (χ2n) is 5.88. The first-order valence-corrected chi connectivity index (χ1v) is 8.33. The van der Waals surface area contributed by atoms with E-state index in [1.54, 1.807) is 25.2 Å². The van der Waals surface area contributed by atoms with Gasteiger partial charge in [-0.3, -0.25) is 9.59 Å². The third-order valence-electron chi connectivity index (χ3n) is 3.79. The highest BCUT2D eigenvalue weighted by Gasteiger charge is 2.15. The Morgan fingerprint density at radius 1 is 0.926 bits per heavy atom. The lowest BCUT2D eigenvalue weighted by Gasteiger charge is -2.17. The summed E-state index contributed by atoms with van der Waals surface area (Å²) >= 11 is 0. The summed E-state index contributed by atoms with van der Waals surface area (Å²) < 4.78 is 0. The molecule has 1 aromatic heterocycles. The van der Waals surface area contributed by atoms with Crippen LogP contribution >= 0.6 is 0 Å². The molecular weight excluding hydrogens is 342 g/mol. The van der Waals surface area contributed by atoms with Gasteiger partial charge in [-0.05, 0) is 30.3 Å². The molecule has 0 radical (unpaired) electrons. The van der Waals surface area contributed by atoms with Gasteiger partial charge in [-0.2, -0.15) is 0 Å². The second-order valence-corrected chi connectivity index (χ2v) is 5.88. The van der Waals surface area contributed by atoms with Gasteiger partial charge >= 0.3 is 0 Å². The number of amides is 2. The molecule has 0 spiro atoms. The minimum atomic E-state index is -0.237. The zero-order chi connectivity index (χ0) is 19.2. The number of anilines is 4. The van der Waals surface area contributed by atoms with E-state index in [1.165, 1.54) is 18.2 Å². The Kier molecular flexibility index (Phi) is 5.41. The van der Waals surface area contributed by atoms with E-state index in [2.05, 4.69) is 20.6 Å². The molecule has 1 heterocycles. The fourth-order valence-corrected chi connectivity index (χ4v) is 2.51. The summed E-state index contributed by atoms with van der Waals surface area (Å²) in [6, 6.07) is 18.1. The molecule has 0 aliphatic rings. The van der Waals surface area contributed by atoms with Gasteiger partial charge in [0.2, 0.25) is 5.91 Å². The first-order valence-electron chi connectivity index (χ1n) is 8.33. The quantitative estimate of drug-likeness (QED) is 0.727. The van der Waals surface area contributed by atoms with Crippen molar-refractivity contribution in [2.24, 2.45) is 0 Å². The number of hydrogen-bond donors (Lipinski definition) is 2. The van der Waals surface area contributed by atoms with Crippen molar-refractivity contribution < 1.29 is 9.59 Å². The summed E-state index contributed by atoms with van der Waals surface area (Å²) in [7, 11) is 1.70. The number of rotatable bonds is 5. The summed E-state index contributed by atoms with van der Waals surface area (Å²) in [5.74, 6) is 0.0967. The van der Waals surface area contributed by atoms with Gasteiger partial charge in [-0.1, -0.05) is 24.3 Å². The van der Waals surface area contributed by atoms with Crippen LogP contribution in [0.25, 0.3) is 0 Å². The molecule has 0 aliphatic carbocycles. The minimum Gasteiger partial charge on any atom is -0.340 e. The van der Waals surface area contributed by atoms with E-state index in [9.17, 15) is 9.59 Å². The molecule has 0 atom stereocenters. The van der Waals surface area contributed by atoms with Crippen molar-refractivity contribution in [1.82, 2.24) is 9.97 Å². The molecule has 136 valence electrons. The lowest BCUT2D eigenvalue weighted by Crippen LogP contribution is -2.27. The van der Waals surface area contributed by atoms with Crippen LogP contribution in [0.3, 0.4) is 0 Å². The highest BCUT2D eigenvalue weighted by Crippen LogP contribution is 2.20. The van der Waals surface area contributed by atoms with Gasteiger partial charge in [0.05, 0.1) is 0 Å². The largest absolute Gasteiger partial charge is 0.340 e. The van der Waals surface area contributed by atoms with Crippen LogP contribution in [-0.4, -0.2) is 28.8 Å². The van der Waals surface area contributed by atoms with E-state index in [1.807, 2.05) is 42.5 Å². The van der Waals surface area contributed by atoms with Gasteiger partial charge < -0.3 is 15.5 Å². The van der Waals surface area contributed by atoms with Gasteiger partial charge in [-0.25, -0.2) is 9.97 Å². The van der Waals surface area contributed by atoms with Crippen LogP contribution in [0.5, 0.6) is 0 Å². The molecule has 2 aromatic carbocycles. The molecule has 3 aromatic rings. The predicted octanol–water partition coefficient (Wildman–Crippen LogP) is 3.46. The van der Waals surface area contributed by atoms with Gasteiger partial charge in [0.15, 0.2) is 0 Å². The van der Waals surface area contributed by atoms with E-state index in [0.29, 0.717) is 11.5 Å². The standard InChI is InChI=1S/C20H19N5O2/c1-14(26)23-15-7-6-8-16(11-15)24-19-12-18(21-13-22-19)20(27)25(2)17-9-4-3-5-10-17/h3-13H,1-2H3,(H,23,26)(H,21,22,24). The third kappa shape index (κ3) is 4.66. The van der Waals surface area contributed by atoms with Crippen molar-refractivity contribution in [2.75, 3.05) is 22.6 Å². The van der Waals surface area contributed by atoms with Crippen molar-refractivity contribution in [1.29, 1.82) is 0 Å². The lowest BCUT2D eigenvalue weighted by atomic mass is 10.2. The molecule has 7 heteroatoms. The summed E-state index contributed by atoms with van der Waals surface area (Å²) in [4.78, 5) is 33.7. The summed E-state index contributed by atoms with van der Waals surface area (Å²) in [6.07, 6.45) is 1.34. The molecule has 2 amide bonds. The number of benzene rings is 2. The van der Waals surface area contributed by atoms with E-state index in [4.69, 9.17) is 0 Å². The number of aromatic nitrogens is 2. The third-order valence-corrected chi connectivity index (χ3v) is 3.79. The number of hydrogen-bond acceptors (Lipinski definition) is 5. The fourth-order valence-electron chi connectivity index (χ4n) is 2.51. The molecule has 0 fully saturated rings. The Labute approximate surface area is 157 Å². The Bertz CT molecular complexity index is 959. The van der Waals surface area contributed by atoms with E-state index < -0.39 is 0 Å². The molecule has 2 N–H and O–H groups in total. The Morgan fingerprint density at radius 3 is 2.41 bits per heavy atom. The maximum atomic E-state index is 12.7. The van der Waals surface area contributed by atoms with Gasteiger partial charge in [0, 0.05) is 37.1 Å². The maximum absolute atomic E-state index is 12.7. The molecule has 7 nitrogen and oxygen atoms in total. The Morgan fingerprint density at radius 2 is 1.67 bits per heavy atom. The predicted molar refractivity (Wildman–Crippen MR) is 105 cm³/mol. The average molecular weight is 361 g/mol.